The standard InChI is InChI=1S/C13H16BrN3/c14-12-3-1-4-13(11-12)17-9-7-16(8-10-17)6-2-5-15/h1,3-4,11H,2,6-10H2. The number of nitriles is 1. The van der Waals surface area contributed by atoms with Gasteiger partial charge in [0.25, 0.3) is 0 Å². The van der Waals surface area contributed by atoms with E-state index in [0.717, 1.165) is 37.2 Å². The summed E-state index contributed by atoms with van der Waals surface area (Å²) in [6.45, 7) is 5.09. The first-order valence-electron chi connectivity index (χ1n) is 5.89. The van der Waals surface area contributed by atoms with E-state index >= 15 is 0 Å². The second-order valence-electron chi connectivity index (χ2n) is 4.22. The van der Waals surface area contributed by atoms with Crippen LogP contribution in [-0.2, 0) is 0 Å². The maximum atomic E-state index is 8.57. The number of nitrogens with zero attached hydrogens (tertiary/aromatic N) is 3. The molecule has 90 valence electrons. The van der Waals surface area contributed by atoms with Crippen molar-refractivity contribution in [1.29, 1.82) is 5.26 Å². The number of piperazine rings is 1. The molecule has 3 nitrogen and oxygen atoms in total. The normalized spacial score (nSPS) is 16.8. The Bertz CT molecular complexity index is 405. The number of hydrogen-bond acceptors (Lipinski definition) is 3. The summed E-state index contributed by atoms with van der Waals surface area (Å²) >= 11 is 3.50. The van der Waals surface area contributed by atoms with Crippen LogP contribution < -0.4 is 4.90 Å². The van der Waals surface area contributed by atoms with E-state index in [1.807, 2.05) is 6.07 Å². The van der Waals surface area contributed by atoms with E-state index in [1.54, 1.807) is 0 Å². The van der Waals surface area contributed by atoms with Crippen molar-refractivity contribution >= 4 is 21.6 Å². The van der Waals surface area contributed by atoms with Gasteiger partial charge in [-0.1, -0.05) is 22.0 Å². The van der Waals surface area contributed by atoms with E-state index in [4.69, 9.17) is 5.26 Å². The molecule has 4 heteroatoms. The second-order valence-corrected chi connectivity index (χ2v) is 5.13. The molecule has 0 unspecified atom stereocenters. The SMILES string of the molecule is N#CCCN1CCN(c2cccc(Br)c2)CC1. The highest BCUT2D eigenvalue weighted by Crippen LogP contribution is 2.21. The van der Waals surface area contributed by atoms with Crippen LogP contribution in [0, 0.1) is 11.3 Å². The minimum Gasteiger partial charge on any atom is -0.369 e. The molecule has 0 aromatic heterocycles. The predicted molar refractivity (Wildman–Crippen MR) is 73.0 cm³/mol. The Hall–Kier alpha value is -1.05. The van der Waals surface area contributed by atoms with Crippen LogP contribution in [0.5, 0.6) is 0 Å². The van der Waals surface area contributed by atoms with Gasteiger partial charge in [-0.15, -0.1) is 0 Å². The van der Waals surface area contributed by atoms with Gasteiger partial charge in [-0.05, 0) is 18.2 Å². The summed E-state index contributed by atoms with van der Waals surface area (Å²) in [4.78, 5) is 4.76. The van der Waals surface area contributed by atoms with E-state index in [9.17, 15) is 0 Å². The first-order valence-corrected chi connectivity index (χ1v) is 6.69. The average molecular weight is 294 g/mol. The van der Waals surface area contributed by atoms with Gasteiger partial charge in [0.2, 0.25) is 0 Å². The number of benzene rings is 1. The Balaban J connectivity index is 1.89. The summed E-state index contributed by atoms with van der Waals surface area (Å²) in [6, 6.07) is 10.6. The highest BCUT2D eigenvalue weighted by atomic mass is 79.9. The molecule has 1 aromatic carbocycles. The molecule has 1 heterocycles. The molecule has 1 aliphatic rings. The van der Waals surface area contributed by atoms with E-state index in [0.29, 0.717) is 6.42 Å². The molecule has 0 aliphatic carbocycles. The molecule has 2 rings (SSSR count). The van der Waals surface area contributed by atoms with E-state index in [-0.39, 0.29) is 0 Å². The summed E-state index contributed by atoms with van der Waals surface area (Å²) in [7, 11) is 0. The van der Waals surface area contributed by atoms with Gasteiger partial charge in [0.05, 0.1) is 6.07 Å². The van der Waals surface area contributed by atoms with Crippen LogP contribution in [0.4, 0.5) is 5.69 Å². The zero-order valence-electron chi connectivity index (χ0n) is 9.77. The van der Waals surface area contributed by atoms with Crippen molar-refractivity contribution in [2.45, 2.75) is 6.42 Å². The lowest BCUT2D eigenvalue weighted by molar-refractivity contribution is 0.263. The molecule has 1 fully saturated rings. The van der Waals surface area contributed by atoms with Crippen molar-refractivity contribution in [3.05, 3.63) is 28.7 Å². The summed E-state index contributed by atoms with van der Waals surface area (Å²) in [5.74, 6) is 0. The van der Waals surface area contributed by atoms with Crippen molar-refractivity contribution in [2.75, 3.05) is 37.6 Å². The molecule has 1 saturated heterocycles. The van der Waals surface area contributed by atoms with Crippen LogP contribution >= 0.6 is 15.9 Å². The molecule has 0 amide bonds. The Morgan fingerprint density at radius 1 is 1.24 bits per heavy atom. The number of anilines is 1. The van der Waals surface area contributed by atoms with Crippen LogP contribution in [0.1, 0.15) is 6.42 Å². The fraction of sp³-hybridized carbons (Fsp3) is 0.462. The molecule has 0 atom stereocenters. The Morgan fingerprint density at radius 2 is 2.00 bits per heavy atom. The predicted octanol–water partition coefficient (Wildman–Crippen LogP) is 2.48. The molecular weight excluding hydrogens is 278 g/mol. The monoisotopic (exact) mass is 293 g/mol. The quantitative estimate of drug-likeness (QED) is 0.858. The van der Waals surface area contributed by atoms with E-state index < -0.39 is 0 Å². The first-order chi connectivity index (χ1) is 8.29. The largest absolute Gasteiger partial charge is 0.369 e. The minimum atomic E-state index is 0.636. The highest BCUT2D eigenvalue weighted by Gasteiger charge is 2.16. The third-order valence-corrected chi connectivity index (χ3v) is 3.58. The van der Waals surface area contributed by atoms with Crippen LogP contribution in [0.15, 0.2) is 28.7 Å². The molecule has 0 spiro atoms. The molecule has 0 bridgehead atoms. The smallest absolute Gasteiger partial charge is 0.0635 e. The summed E-state index contributed by atoms with van der Waals surface area (Å²) in [5.41, 5.74) is 1.28. The van der Waals surface area contributed by atoms with Gasteiger partial charge in [-0.3, -0.25) is 4.90 Å². The Morgan fingerprint density at radius 3 is 2.65 bits per heavy atom. The van der Waals surface area contributed by atoms with Crippen LogP contribution in [0.25, 0.3) is 0 Å². The molecule has 1 aromatic rings. The fourth-order valence-corrected chi connectivity index (χ4v) is 2.50. The second kappa shape index (κ2) is 6.04. The van der Waals surface area contributed by atoms with Gasteiger partial charge >= 0.3 is 0 Å². The maximum Gasteiger partial charge on any atom is 0.0635 e. The Labute approximate surface area is 111 Å². The molecular formula is C13H16BrN3. The minimum absolute atomic E-state index is 0.636. The summed E-state index contributed by atoms with van der Waals surface area (Å²) in [6.07, 6.45) is 0.636. The third-order valence-electron chi connectivity index (χ3n) is 3.09. The van der Waals surface area contributed by atoms with E-state index in [2.05, 4.69) is 50.0 Å². The van der Waals surface area contributed by atoms with Gasteiger partial charge < -0.3 is 4.90 Å². The van der Waals surface area contributed by atoms with Gasteiger partial charge in [-0.2, -0.15) is 5.26 Å². The van der Waals surface area contributed by atoms with Crippen molar-refractivity contribution in [2.24, 2.45) is 0 Å². The summed E-state index contributed by atoms with van der Waals surface area (Å²) in [5, 5.41) is 8.57. The lowest BCUT2D eigenvalue weighted by Gasteiger charge is -2.35. The molecule has 17 heavy (non-hydrogen) atoms. The van der Waals surface area contributed by atoms with E-state index in [1.165, 1.54) is 5.69 Å². The lowest BCUT2D eigenvalue weighted by atomic mass is 10.2. The van der Waals surface area contributed by atoms with Gasteiger partial charge in [0.1, 0.15) is 0 Å². The zero-order valence-corrected chi connectivity index (χ0v) is 11.4. The summed E-state index contributed by atoms with van der Waals surface area (Å²) < 4.78 is 1.13. The number of rotatable bonds is 3. The molecule has 1 aliphatic heterocycles. The highest BCUT2D eigenvalue weighted by molar-refractivity contribution is 9.10. The third kappa shape index (κ3) is 3.45. The van der Waals surface area contributed by atoms with Crippen molar-refractivity contribution < 1.29 is 0 Å². The maximum absolute atomic E-state index is 8.57. The number of hydrogen-bond donors (Lipinski definition) is 0. The van der Waals surface area contributed by atoms with Gasteiger partial charge in [0, 0.05) is 49.3 Å². The van der Waals surface area contributed by atoms with Crippen LogP contribution in [0.3, 0.4) is 0 Å². The Kier molecular flexibility index (Phi) is 4.41. The van der Waals surface area contributed by atoms with Crippen LogP contribution in [-0.4, -0.2) is 37.6 Å². The van der Waals surface area contributed by atoms with Crippen molar-refractivity contribution in [3.8, 4) is 6.07 Å². The van der Waals surface area contributed by atoms with Gasteiger partial charge in [-0.25, -0.2) is 0 Å². The van der Waals surface area contributed by atoms with Crippen molar-refractivity contribution in [3.63, 3.8) is 0 Å². The lowest BCUT2D eigenvalue weighted by Crippen LogP contribution is -2.46. The van der Waals surface area contributed by atoms with Gasteiger partial charge in [0.15, 0.2) is 0 Å². The fourth-order valence-electron chi connectivity index (χ4n) is 2.11. The topological polar surface area (TPSA) is 30.3 Å². The van der Waals surface area contributed by atoms with Crippen LogP contribution in [0.2, 0.25) is 0 Å². The zero-order chi connectivity index (χ0) is 12.1. The first kappa shape index (κ1) is 12.4. The average Bonchev–Trinajstić information content (AvgIpc) is 2.37. The molecule has 0 radical (unpaired) electrons. The molecule has 0 N–H and O–H groups in total. The number of halogens is 1. The van der Waals surface area contributed by atoms with Crippen molar-refractivity contribution in [1.82, 2.24) is 4.90 Å². The molecule has 0 saturated carbocycles.